The fraction of sp³-hybridized carbons (Fsp3) is 0.308. The predicted molar refractivity (Wildman–Crippen MR) is 148 cm³/mol. The van der Waals surface area contributed by atoms with E-state index in [1.165, 1.54) is 41.2 Å². The molecule has 1 aliphatic heterocycles. The highest BCUT2D eigenvalue weighted by molar-refractivity contribution is 7.29. The van der Waals surface area contributed by atoms with Crippen LogP contribution in [0.4, 0.5) is 16.5 Å². The van der Waals surface area contributed by atoms with E-state index in [4.69, 9.17) is 16.3 Å². The molecule has 0 atom stereocenters. The molecule has 2 aromatic carbocycles. The van der Waals surface area contributed by atoms with Gasteiger partial charge in [0.25, 0.3) is 5.91 Å². The Balaban J connectivity index is 1.12. The number of fused-ring (bicyclic) bond motifs is 1. The Hall–Kier alpha value is -2.81. The molecule has 1 amide bonds. The number of benzene rings is 2. The highest BCUT2D eigenvalue weighted by Crippen LogP contribution is 2.33. The lowest BCUT2D eigenvalue weighted by atomic mass is 9.99. The lowest BCUT2D eigenvalue weighted by molar-refractivity contribution is 0.103. The van der Waals surface area contributed by atoms with Gasteiger partial charge in [0.15, 0.2) is 5.13 Å². The number of piperidine rings is 1. The zero-order chi connectivity index (χ0) is 24.2. The number of nitrogens with zero attached hydrogens (tertiary/aromatic N) is 2. The smallest absolute Gasteiger partial charge is 0.265 e. The van der Waals surface area contributed by atoms with E-state index in [9.17, 15) is 4.79 Å². The average Bonchev–Trinajstić information content (AvgIpc) is 3.43. The highest BCUT2D eigenvalue weighted by atomic mass is 35.5. The Morgan fingerprint density at radius 1 is 1.11 bits per heavy atom. The molecule has 182 valence electrons. The van der Waals surface area contributed by atoms with Crippen LogP contribution in [-0.4, -0.2) is 37.1 Å². The number of carbonyl (C=O) groups excluding carboxylic acids is 1. The van der Waals surface area contributed by atoms with Gasteiger partial charge in [-0.2, -0.15) is 0 Å². The summed E-state index contributed by atoms with van der Waals surface area (Å²) in [5, 5.41) is 7.80. The first-order valence-corrected chi connectivity index (χ1v) is 13.7. The van der Waals surface area contributed by atoms with E-state index in [0.717, 1.165) is 45.1 Å². The summed E-state index contributed by atoms with van der Waals surface area (Å²) >= 11 is 8.83. The number of thiophene rings is 1. The van der Waals surface area contributed by atoms with Gasteiger partial charge in [0.2, 0.25) is 0 Å². The molecular formula is C26H27ClN4O2S2. The van der Waals surface area contributed by atoms with Crippen molar-refractivity contribution in [1.29, 1.82) is 0 Å². The number of thiazole rings is 1. The molecule has 4 aromatic rings. The molecule has 0 saturated carbocycles. The maximum Gasteiger partial charge on any atom is 0.265 e. The number of ether oxygens (including phenoxy) is 1. The summed E-state index contributed by atoms with van der Waals surface area (Å²) in [6.07, 6.45) is 2.47. The van der Waals surface area contributed by atoms with Crippen LogP contribution in [0.15, 0.2) is 54.6 Å². The van der Waals surface area contributed by atoms with Crippen LogP contribution < -0.4 is 20.3 Å². The zero-order valence-corrected chi connectivity index (χ0v) is 21.8. The minimum atomic E-state index is -0.106. The van der Waals surface area contributed by atoms with E-state index in [1.807, 2.05) is 30.3 Å². The van der Waals surface area contributed by atoms with Gasteiger partial charge >= 0.3 is 0 Å². The van der Waals surface area contributed by atoms with E-state index in [-0.39, 0.29) is 5.91 Å². The predicted octanol–water partition coefficient (Wildman–Crippen LogP) is 6.99. The first-order valence-electron chi connectivity index (χ1n) is 11.7. The van der Waals surface area contributed by atoms with Crippen LogP contribution in [0.3, 0.4) is 0 Å². The number of halogens is 1. The molecule has 2 aromatic heterocycles. The topological polar surface area (TPSA) is 66.5 Å². The summed E-state index contributed by atoms with van der Waals surface area (Å²) < 4.78 is 6.69. The van der Waals surface area contributed by atoms with E-state index in [1.54, 1.807) is 12.1 Å². The van der Waals surface area contributed by atoms with Crippen molar-refractivity contribution in [3.05, 3.63) is 64.5 Å². The third-order valence-electron chi connectivity index (χ3n) is 6.05. The summed E-state index contributed by atoms with van der Waals surface area (Å²) in [7, 11) is 0. The van der Waals surface area contributed by atoms with Gasteiger partial charge in [0.1, 0.15) is 17.2 Å². The van der Waals surface area contributed by atoms with Crippen molar-refractivity contribution in [3.8, 4) is 5.75 Å². The van der Waals surface area contributed by atoms with Crippen molar-refractivity contribution in [2.45, 2.75) is 19.8 Å². The molecule has 0 unspecified atom stereocenters. The molecule has 0 aliphatic carbocycles. The van der Waals surface area contributed by atoms with E-state index in [2.05, 4.69) is 39.6 Å². The van der Waals surface area contributed by atoms with Crippen molar-refractivity contribution in [1.82, 2.24) is 4.98 Å². The molecule has 0 bridgehead atoms. The molecule has 0 spiro atoms. The third-order valence-corrected chi connectivity index (χ3v) is 8.42. The molecule has 1 aliphatic rings. The molecule has 9 heteroatoms. The van der Waals surface area contributed by atoms with Gasteiger partial charge in [0, 0.05) is 29.5 Å². The number of rotatable bonds is 8. The number of anilines is 3. The SMILES string of the molecule is CC1CCN(c2ccc(NC(=O)c3cc4sc(NCCOc5ccc(Cl)cc5)nc4s3)cc2)CC1. The second-order valence-electron chi connectivity index (χ2n) is 8.70. The van der Waals surface area contributed by atoms with Gasteiger partial charge in [-0.3, -0.25) is 4.79 Å². The summed E-state index contributed by atoms with van der Waals surface area (Å²) in [6, 6.07) is 17.3. The molecular weight excluding hydrogens is 500 g/mol. The molecule has 6 nitrogen and oxygen atoms in total. The second-order valence-corrected chi connectivity index (χ2v) is 11.2. The van der Waals surface area contributed by atoms with Crippen LogP contribution >= 0.6 is 34.3 Å². The summed E-state index contributed by atoms with van der Waals surface area (Å²) in [6.45, 7) is 5.65. The normalized spacial score (nSPS) is 14.3. The van der Waals surface area contributed by atoms with Gasteiger partial charge in [-0.15, -0.1) is 11.3 Å². The van der Waals surface area contributed by atoms with Crippen LogP contribution in [0, 0.1) is 5.92 Å². The lowest BCUT2D eigenvalue weighted by Gasteiger charge is -2.32. The number of aromatic nitrogens is 1. The number of carbonyl (C=O) groups is 1. The van der Waals surface area contributed by atoms with Crippen molar-refractivity contribution < 1.29 is 9.53 Å². The number of nitrogens with one attached hydrogen (secondary N) is 2. The monoisotopic (exact) mass is 526 g/mol. The van der Waals surface area contributed by atoms with Gasteiger partial charge in [0.05, 0.1) is 16.1 Å². The average molecular weight is 527 g/mol. The fourth-order valence-corrected chi connectivity index (χ4v) is 6.16. The molecule has 2 N–H and O–H groups in total. The Bertz CT molecular complexity index is 1250. The first-order chi connectivity index (χ1) is 17.0. The Morgan fingerprint density at radius 2 is 1.86 bits per heavy atom. The maximum absolute atomic E-state index is 12.8. The lowest BCUT2D eigenvalue weighted by Crippen LogP contribution is -2.32. The quantitative estimate of drug-likeness (QED) is 0.242. The Labute approximate surface area is 217 Å². The van der Waals surface area contributed by atoms with Gasteiger partial charge in [-0.25, -0.2) is 4.98 Å². The van der Waals surface area contributed by atoms with Gasteiger partial charge in [-0.1, -0.05) is 29.9 Å². The van der Waals surface area contributed by atoms with Gasteiger partial charge in [-0.05, 0) is 73.4 Å². The molecule has 0 radical (unpaired) electrons. The van der Waals surface area contributed by atoms with Crippen LogP contribution in [-0.2, 0) is 0 Å². The Morgan fingerprint density at radius 3 is 2.57 bits per heavy atom. The van der Waals surface area contributed by atoms with Crippen LogP contribution in [0.2, 0.25) is 5.02 Å². The summed E-state index contributed by atoms with van der Waals surface area (Å²) in [5.41, 5.74) is 2.02. The van der Waals surface area contributed by atoms with Gasteiger partial charge < -0.3 is 20.3 Å². The molecule has 1 fully saturated rings. The maximum atomic E-state index is 12.8. The van der Waals surface area contributed by atoms with Crippen LogP contribution in [0.1, 0.15) is 29.4 Å². The molecule has 5 rings (SSSR count). The standard InChI is InChI=1S/C26H27ClN4O2S2/c1-17-10-13-31(14-11-17)20-6-4-19(5-7-20)29-24(32)22-16-23-25(34-22)30-26(35-23)28-12-15-33-21-8-2-18(27)3-9-21/h2-9,16-17H,10-15H2,1H3,(H,28,30)(H,29,32). The summed E-state index contributed by atoms with van der Waals surface area (Å²) in [4.78, 5) is 21.3. The number of hydrogen-bond acceptors (Lipinski definition) is 7. The molecule has 1 saturated heterocycles. The highest BCUT2D eigenvalue weighted by Gasteiger charge is 2.17. The van der Waals surface area contributed by atoms with Crippen LogP contribution in [0.25, 0.3) is 9.53 Å². The van der Waals surface area contributed by atoms with Crippen molar-refractivity contribution in [2.75, 3.05) is 41.8 Å². The van der Waals surface area contributed by atoms with E-state index in [0.29, 0.717) is 23.1 Å². The van der Waals surface area contributed by atoms with E-state index < -0.39 is 0 Å². The summed E-state index contributed by atoms with van der Waals surface area (Å²) in [5.74, 6) is 1.48. The third kappa shape index (κ3) is 6.07. The first kappa shape index (κ1) is 23.9. The second kappa shape index (κ2) is 10.8. The molecule has 3 heterocycles. The Kier molecular flexibility index (Phi) is 7.41. The zero-order valence-electron chi connectivity index (χ0n) is 19.4. The van der Waals surface area contributed by atoms with Crippen molar-refractivity contribution in [2.24, 2.45) is 5.92 Å². The molecule has 35 heavy (non-hydrogen) atoms. The largest absolute Gasteiger partial charge is 0.492 e. The van der Waals surface area contributed by atoms with Crippen molar-refractivity contribution >= 4 is 66.2 Å². The van der Waals surface area contributed by atoms with E-state index >= 15 is 0 Å². The van der Waals surface area contributed by atoms with Crippen molar-refractivity contribution in [3.63, 3.8) is 0 Å². The number of hydrogen-bond donors (Lipinski definition) is 2. The fourth-order valence-electron chi connectivity index (χ4n) is 4.00. The number of amides is 1. The van der Waals surface area contributed by atoms with Crippen LogP contribution in [0.5, 0.6) is 5.75 Å². The minimum Gasteiger partial charge on any atom is -0.492 e. The minimum absolute atomic E-state index is 0.106.